The van der Waals surface area contributed by atoms with Crippen LogP contribution in [0.4, 0.5) is 5.82 Å². The number of nitrogens with two attached hydrogens (primary N) is 1. The molecule has 1 aliphatic heterocycles. The molecule has 0 radical (unpaired) electrons. The molecule has 2 rings (SSSR count). The van der Waals surface area contributed by atoms with Crippen LogP contribution in [0.2, 0.25) is 0 Å². The van der Waals surface area contributed by atoms with Crippen LogP contribution in [0.3, 0.4) is 0 Å². The molecular weight excluding hydrogens is 234 g/mol. The zero-order valence-electron chi connectivity index (χ0n) is 10.1. The first-order valence-corrected chi connectivity index (χ1v) is 5.92. The van der Waals surface area contributed by atoms with Crippen molar-refractivity contribution >= 4 is 11.7 Å². The molecule has 0 spiro atoms. The molecule has 98 valence electrons. The number of aromatic nitrogens is 2. The first kappa shape index (κ1) is 12.7. The predicted octanol–water partition coefficient (Wildman–Crippen LogP) is -0.879. The van der Waals surface area contributed by atoms with E-state index in [1.54, 1.807) is 0 Å². The number of amides is 1. The summed E-state index contributed by atoms with van der Waals surface area (Å²) in [6.45, 7) is 4.69. The predicted molar refractivity (Wildman–Crippen MR) is 66.0 cm³/mol. The summed E-state index contributed by atoms with van der Waals surface area (Å²) in [5.74, 6) is -0.129. The third kappa shape index (κ3) is 3.38. The van der Waals surface area contributed by atoms with Gasteiger partial charge in [-0.1, -0.05) is 0 Å². The number of anilines is 1. The Bertz CT molecular complexity index is 406. The van der Waals surface area contributed by atoms with Crippen LogP contribution in [-0.4, -0.2) is 60.2 Å². The molecule has 1 saturated heterocycles. The highest BCUT2D eigenvalue weighted by Gasteiger charge is 2.13. The number of morpholine rings is 1. The second-order valence-electron chi connectivity index (χ2n) is 4.00. The van der Waals surface area contributed by atoms with Crippen molar-refractivity contribution in [2.45, 2.75) is 0 Å². The third-order valence-corrected chi connectivity index (χ3v) is 2.76. The van der Waals surface area contributed by atoms with Gasteiger partial charge in [0, 0.05) is 38.6 Å². The highest BCUT2D eigenvalue weighted by atomic mass is 16.5. The lowest BCUT2D eigenvalue weighted by molar-refractivity contribution is 0.0383. The van der Waals surface area contributed by atoms with Crippen LogP contribution in [-0.2, 0) is 4.74 Å². The van der Waals surface area contributed by atoms with E-state index in [1.807, 2.05) is 0 Å². The van der Waals surface area contributed by atoms with Gasteiger partial charge >= 0.3 is 0 Å². The van der Waals surface area contributed by atoms with E-state index in [-0.39, 0.29) is 17.4 Å². The molecule has 0 aromatic carbocycles. The van der Waals surface area contributed by atoms with E-state index in [1.165, 1.54) is 12.4 Å². The van der Waals surface area contributed by atoms with Gasteiger partial charge < -0.3 is 15.8 Å². The largest absolute Gasteiger partial charge is 0.382 e. The number of hydrogen-bond acceptors (Lipinski definition) is 6. The van der Waals surface area contributed by atoms with Crippen LogP contribution >= 0.6 is 0 Å². The zero-order chi connectivity index (χ0) is 12.8. The maximum absolute atomic E-state index is 11.8. The maximum Gasteiger partial charge on any atom is 0.273 e. The number of rotatable bonds is 4. The van der Waals surface area contributed by atoms with Gasteiger partial charge in [0.15, 0.2) is 11.5 Å². The summed E-state index contributed by atoms with van der Waals surface area (Å²) in [5.41, 5.74) is 5.75. The molecule has 2 heterocycles. The Balaban J connectivity index is 1.76. The van der Waals surface area contributed by atoms with Gasteiger partial charge in [-0.05, 0) is 0 Å². The van der Waals surface area contributed by atoms with Crippen molar-refractivity contribution in [1.82, 2.24) is 20.2 Å². The van der Waals surface area contributed by atoms with E-state index in [9.17, 15) is 4.79 Å². The van der Waals surface area contributed by atoms with Crippen molar-refractivity contribution < 1.29 is 9.53 Å². The average Bonchev–Trinajstić information content (AvgIpc) is 2.40. The molecule has 1 aliphatic rings. The topological polar surface area (TPSA) is 93.4 Å². The second kappa shape index (κ2) is 6.27. The summed E-state index contributed by atoms with van der Waals surface area (Å²) < 4.78 is 5.25. The lowest BCUT2D eigenvalue weighted by atomic mass is 10.3. The first-order valence-electron chi connectivity index (χ1n) is 5.92. The molecule has 7 nitrogen and oxygen atoms in total. The lowest BCUT2D eigenvalue weighted by Crippen LogP contribution is -2.41. The molecule has 1 aromatic heterocycles. The number of ether oxygens (including phenoxy) is 1. The van der Waals surface area contributed by atoms with Crippen LogP contribution in [0.25, 0.3) is 0 Å². The van der Waals surface area contributed by atoms with Crippen LogP contribution in [0.1, 0.15) is 10.5 Å². The van der Waals surface area contributed by atoms with E-state index in [4.69, 9.17) is 10.5 Å². The summed E-state index contributed by atoms with van der Waals surface area (Å²) >= 11 is 0. The normalized spacial score (nSPS) is 16.4. The highest BCUT2D eigenvalue weighted by Crippen LogP contribution is 2.02. The number of nitrogen functional groups attached to an aromatic ring is 1. The fourth-order valence-corrected chi connectivity index (χ4v) is 1.76. The summed E-state index contributed by atoms with van der Waals surface area (Å²) in [7, 11) is 0. The van der Waals surface area contributed by atoms with Gasteiger partial charge in [-0.2, -0.15) is 0 Å². The van der Waals surface area contributed by atoms with E-state index < -0.39 is 0 Å². The number of carbonyl (C=O) groups excluding carboxylic acids is 1. The van der Waals surface area contributed by atoms with E-state index in [2.05, 4.69) is 20.2 Å². The minimum atomic E-state index is -0.283. The molecule has 7 heteroatoms. The van der Waals surface area contributed by atoms with E-state index in [0.717, 1.165) is 32.8 Å². The van der Waals surface area contributed by atoms with Crippen molar-refractivity contribution in [2.24, 2.45) is 0 Å². The van der Waals surface area contributed by atoms with Crippen molar-refractivity contribution in [1.29, 1.82) is 0 Å². The van der Waals surface area contributed by atoms with Crippen molar-refractivity contribution in [3.05, 3.63) is 18.1 Å². The van der Waals surface area contributed by atoms with Crippen molar-refractivity contribution in [3.63, 3.8) is 0 Å². The van der Waals surface area contributed by atoms with Gasteiger partial charge in [-0.15, -0.1) is 0 Å². The molecule has 0 unspecified atom stereocenters. The van der Waals surface area contributed by atoms with Gasteiger partial charge in [0.05, 0.1) is 13.2 Å². The van der Waals surface area contributed by atoms with Crippen LogP contribution in [0.15, 0.2) is 12.4 Å². The number of nitrogens with zero attached hydrogens (tertiary/aromatic N) is 3. The van der Waals surface area contributed by atoms with Gasteiger partial charge in [0.1, 0.15) is 0 Å². The van der Waals surface area contributed by atoms with Crippen LogP contribution in [0, 0.1) is 0 Å². The molecule has 1 amide bonds. The Morgan fingerprint density at radius 3 is 2.83 bits per heavy atom. The molecule has 0 aliphatic carbocycles. The molecule has 0 atom stereocenters. The van der Waals surface area contributed by atoms with E-state index >= 15 is 0 Å². The van der Waals surface area contributed by atoms with Gasteiger partial charge in [0.25, 0.3) is 5.91 Å². The number of nitrogens with one attached hydrogen (secondary N) is 1. The summed E-state index contributed by atoms with van der Waals surface area (Å²) in [6.07, 6.45) is 2.91. The second-order valence-corrected chi connectivity index (χ2v) is 4.00. The summed E-state index contributed by atoms with van der Waals surface area (Å²) in [6, 6.07) is 0. The molecule has 18 heavy (non-hydrogen) atoms. The Hall–Kier alpha value is -1.73. The molecule has 1 fully saturated rings. The standard InChI is InChI=1S/C11H17N5O2/c12-10-9(13-1-2-14-10)11(17)15-3-4-16-5-7-18-8-6-16/h1-2H,3-8H2,(H2,12,14)(H,15,17). The molecule has 1 aromatic rings. The maximum atomic E-state index is 11.8. The number of carbonyl (C=O) groups is 1. The molecule has 3 N–H and O–H groups in total. The minimum absolute atomic E-state index is 0.154. The van der Waals surface area contributed by atoms with Crippen molar-refractivity contribution in [3.8, 4) is 0 Å². The highest BCUT2D eigenvalue weighted by molar-refractivity contribution is 5.96. The third-order valence-electron chi connectivity index (χ3n) is 2.76. The van der Waals surface area contributed by atoms with Gasteiger partial charge in [0.2, 0.25) is 0 Å². The molecule has 0 bridgehead atoms. The van der Waals surface area contributed by atoms with Crippen LogP contribution < -0.4 is 11.1 Å². The average molecular weight is 251 g/mol. The fourth-order valence-electron chi connectivity index (χ4n) is 1.76. The summed E-state index contributed by atoms with van der Waals surface area (Å²) in [5, 5.41) is 2.78. The monoisotopic (exact) mass is 251 g/mol. The molecular formula is C11H17N5O2. The zero-order valence-corrected chi connectivity index (χ0v) is 10.1. The van der Waals surface area contributed by atoms with Crippen LogP contribution in [0.5, 0.6) is 0 Å². The van der Waals surface area contributed by atoms with E-state index in [0.29, 0.717) is 6.54 Å². The minimum Gasteiger partial charge on any atom is -0.382 e. The van der Waals surface area contributed by atoms with Gasteiger partial charge in [-0.3, -0.25) is 9.69 Å². The summed E-state index contributed by atoms with van der Waals surface area (Å²) in [4.78, 5) is 21.7. The lowest BCUT2D eigenvalue weighted by Gasteiger charge is -2.26. The SMILES string of the molecule is Nc1nccnc1C(=O)NCCN1CCOCC1. The Morgan fingerprint density at radius 2 is 2.11 bits per heavy atom. The quantitative estimate of drug-likeness (QED) is 0.722. The fraction of sp³-hybridized carbons (Fsp3) is 0.545. The Labute approximate surface area is 105 Å². The Kier molecular flexibility index (Phi) is 4.43. The first-order chi connectivity index (χ1) is 8.77. The van der Waals surface area contributed by atoms with Gasteiger partial charge in [-0.25, -0.2) is 9.97 Å². The Morgan fingerprint density at radius 1 is 1.39 bits per heavy atom. The molecule has 0 saturated carbocycles. The van der Waals surface area contributed by atoms with Crippen molar-refractivity contribution in [2.75, 3.05) is 45.1 Å². The smallest absolute Gasteiger partial charge is 0.273 e. The number of hydrogen-bond donors (Lipinski definition) is 2.